The van der Waals surface area contributed by atoms with Gasteiger partial charge in [-0.05, 0) is 50.6 Å². The van der Waals surface area contributed by atoms with Crippen molar-refractivity contribution < 1.29 is 4.74 Å². The maximum Gasteiger partial charge on any atom is 0.119 e. The van der Waals surface area contributed by atoms with Gasteiger partial charge in [0, 0.05) is 18.6 Å². The second-order valence-electron chi connectivity index (χ2n) is 5.76. The van der Waals surface area contributed by atoms with Crippen LogP contribution in [-0.2, 0) is 6.54 Å². The van der Waals surface area contributed by atoms with E-state index in [1.165, 1.54) is 24.9 Å². The fourth-order valence-electron chi connectivity index (χ4n) is 2.72. The summed E-state index contributed by atoms with van der Waals surface area (Å²) in [6.07, 6.45) is 2.39. The average molecular weight is 262 g/mol. The minimum Gasteiger partial charge on any atom is -0.497 e. The van der Waals surface area contributed by atoms with Crippen LogP contribution < -0.4 is 10.1 Å². The van der Waals surface area contributed by atoms with E-state index in [1.807, 2.05) is 6.07 Å². The molecule has 1 aliphatic heterocycles. The molecule has 1 heterocycles. The topological polar surface area (TPSA) is 24.5 Å². The van der Waals surface area contributed by atoms with Crippen LogP contribution in [0, 0.1) is 0 Å². The van der Waals surface area contributed by atoms with Crippen LogP contribution in [0.15, 0.2) is 24.3 Å². The van der Waals surface area contributed by atoms with Crippen molar-refractivity contribution in [2.45, 2.75) is 38.8 Å². The van der Waals surface area contributed by atoms with E-state index in [1.54, 1.807) is 7.11 Å². The molecule has 1 fully saturated rings. The molecule has 1 atom stereocenters. The zero-order chi connectivity index (χ0) is 13.7. The summed E-state index contributed by atoms with van der Waals surface area (Å²) < 4.78 is 5.30. The van der Waals surface area contributed by atoms with Gasteiger partial charge in [0.15, 0.2) is 0 Å². The van der Waals surface area contributed by atoms with Gasteiger partial charge in [0.2, 0.25) is 0 Å². The van der Waals surface area contributed by atoms with Crippen LogP contribution >= 0.6 is 0 Å². The Morgan fingerprint density at radius 3 is 3.00 bits per heavy atom. The van der Waals surface area contributed by atoms with E-state index >= 15 is 0 Å². The molecule has 3 nitrogen and oxygen atoms in total. The van der Waals surface area contributed by atoms with E-state index in [-0.39, 0.29) is 5.54 Å². The molecule has 1 aliphatic rings. The molecule has 106 valence electrons. The van der Waals surface area contributed by atoms with E-state index in [4.69, 9.17) is 4.74 Å². The third-order valence-electron chi connectivity index (χ3n) is 4.10. The predicted molar refractivity (Wildman–Crippen MR) is 79.6 cm³/mol. The largest absolute Gasteiger partial charge is 0.497 e. The molecular formula is C16H26N2O. The van der Waals surface area contributed by atoms with Crippen molar-refractivity contribution in [2.24, 2.45) is 0 Å². The molecule has 0 amide bonds. The highest BCUT2D eigenvalue weighted by molar-refractivity contribution is 5.28. The highest BCUT2D eigenvalue weighted by atomic mass is 16.5. The molecule has 0 radical (unpaired) electrons. The van der Waals surface area contributed by atoms with Gasteiger partial charge in [0.05, 0.1) is 7.11 Å². The molecule has 19 heavy (non-hydrogen) atoms. The second kappa shape index (κ2) is 6.40. The predicted octanol–water partition coefficient (Wildman–Crippen LogP) is 2.66. The second-order valence-corrected chi connectivity index (χ2v) is 5.76. The minimum absolute atomic E-state index is 0.245. The van der Waals surface area contributed by atoms with E-state index in [0.29, 0.717) is 0 Å². The first-order valence-electron chi connectivity index (χ1n) is 7.25. The third kappa shape index (κ3) is 3.95. The maximum absolute atomic E-state index is 5.30. The van der Waals surface area contributed by atoms with Gasteiger partial charge in [-0.1, -0.05) is 19.1 Å². The Labute approximate surface area is 116 Å². The molecule has 1 N–H and O–H groups in total. The highest BCUT2D eigenvalue weighted by Crippen LogP contribution is 2.19. The molecule has 0 aromatic heterocycles. The van der Waals surface area contributed by atoms with Crippen LogP contribution in [0.25, 0.3) is 0 Å². The van der Waals surface area contributed by atoms with E-state index in [2.05, 4.69) is 42.3 Å². The molecule has 0 saturated carbocycles. The summed E-state index contributed by atoms with van der Waals surface area (Å²) in [4.78, 5) is 2.55. The van der Waals surface area contributed by atoms with Gasteiger partial charge in [-0.15, -0.1) is 0 Å². The number of nitrogens with zero attached hydrogens (tertiary/aromatic N) is 1. The summed E-state index contributed by atoms with van der Waals surface area (Å²) in [7, 11) is 1.73. The summed E-state index contributed by atoms with van der Waals surface area (Å²) in [6.45, 7) is 9.01. The molecule has 0 aliphatic carbocycles. The van der Waals surface area contributed by atoms with E-state index in [9.17, 15) is 0 Å². The zero-order valence-electron chi connectivity index (χ0n) is 12.4. The van der Waals surface area contributed by atoms with Gasteiger partial charge in [-0.3, -0.25) is 4.90 Å². The van der Waals surface area contributed by atoms with Crippen molar-refractivity contribution in [1.29, 1.82) is 0 Å². The van der Waals surface area contributed by atoms with Gasteiger partial charge in [0.25, 0.3) is 0 Å². The summed E-state index contributed by atoms with van der Waals surface area (Å²) in [6, 6.07) is 8.40. The Morgan fingerprint density at radius 1 is 1.42 bits per heavy atom. The Bertz CT molecular complexity index is 407. The molecule has 1 aromatic rings. The first kappa shape index (κ1) is 14.4. The number of hydrogen-bond donors (Lipinski definition) is 1. The lowest BCUT2D eigenvalue weighted by atomic mass is 9.98. The van der Waals surface area contributed by atoms with Crippen LogP contribution in [0.1, 0.15) is 32.3 Å². The van der Waals surface area contributed by atoms with Gasteiger partial charge in [-0.25, -0.2) is 0 Å². The van der Waals surface area contributed by atoms with Crippen molar-refractivity contribution in [3.63, 3.8) is 0 Å². The summed E-state index contributed by atoms with van der Waals surface area (Å²) in [5, 5.41) is 3.68. The monoisotopic (exact) mass is 262 g/mol. The van der Waals surface area contributed by atoms with Crippen LogP contribution in [0.4, 0.5) is 0 Å². The fraction of sp³-hybridized carbons (Fsp3) is 0.625. The number of benzene rings is 1. The summed E-state index contributed by atoms with van der Waals surface area (Å²) in [5.41, 5.74) is 1.58. The number of methoxy groups -OCH3 is 1. The zero-order valence-corrected chi connectivity index (χ0v) is 12.4. The van der Waals surface area contributed by atoms with Crippen molar-refractivity contribution in [2.75, 3.05) is 26.7 Å². The summed E-state index contributed by atoms with van der Waals surface area (Å²) >= 11 is 0. The lowest BCUT2D eigenvalue weighted by Gasteiger charge is -2.32. The van der Waals surface area contributed by atoms with E-state index in [0.717, 1.165) is 25.4 Å². The summed E-state index contributed by atoms with van der Waals surface area (Å²) in [5.74, 6) is 0.948. The molecule has 1 unspecified atom stereocenters. The molecule has 1 saturated heterocycles. The lowest BCUT2D eigenvalue weighted by molar-refractivity contribution is 0.208. The Balaban J connectivity index is 2.04. The van der Waals surface area contributed by atoms with Crippen LogP contribution in [0.5, 0.6) is 5.75 Å². The van der Waals surface area contributed by atoms with Crippen molar-refractivity contribution in [3.05, 3.63) is 29.8 Å². The third-order valence-corrected chi connectivity index (χ3v) is 4.10. The van der Waals surface area contributed by atoms with Gasteiger partial charge >= 0.3 is 0 Å². The number of nitrogens with one attached hydrogen (secondary N) is 1. The highest BCUT2D eigenvalue weighted by Gasteiger charge is 2.26. The van der Waals surface area contributed by atoms with Crippen LogP contribution in [-0.4, -0.2) is 37.2 Å². The molecule has 1 aromatic carbocycles. The van der Waals surface area contributed by atoms with Crippen LogP contribution in [0.2, 0.25) is 0 Å². The first-order valence-corrected chi connectivity index (χ1v) is 7.25. The quantitative estimate of drug-likeness (QED) is 0.903. The molecule has 0 spiro atoms. The standard InChI is InChI=1S/C16H26N2O/c1-4-16(2)13-18(10-6-9-17-16)12-14-7-5-8-15(11-14)19-3/h5,7-8,11,17H,4,6,9-10,12-13H2,1-3H3. The average Bonchev–Trinajstić information content (AvgIpc) is 2.61. The lowest BCUT2D eigenvalue weighted by Crippen LogP contribution is -2.48. The smallest absolute Gasteiger partial charge is 0.119 e. The Kier molecular flexibility index (Phi) is 4.83. The molecule has 3 heteroatoms. The van der Waals surface area contributed by atoms with Crippen molar-refractivity contribution in [3.8, 4) is 5.75 Å². The number of ether oxygens (including phenoxy) is 1. The Hall–Kier alpha value is -1.06. The maximum atomic E-state index is 5.30. The van der Waals surface area contributed by atoms with Gasteiger partial charge < -0.3 is 10.1 Å². The van der Waals surface area contributed by atoms with E-state index < -0.39 is 0 Å². The molecule has 0 bridgehead atoms. The van der Waals surface area contributed by atoms with Gasteiger partial charge in [0.1, 0.15) is 5.75 Å². The van der Waals surface area contributed by atoms with Crippen LogP contribution in [0.3, 0.4) is 0 Å². The number of hydrogen-bond acceptors (Lipinski definition) is 3. The van der Waals surface area contributed by atoms with Crippen molar-refractivity contribution >= 4 is 0 Å². The number of rotatable bonds is 4. The fourth-order valence-corrected chi connectivity index (χ4v) is 2.72. The van der Waals surface area contributed by atoms with Crippen molar-refractivity contribution in [1.82, 2.24) is 10.2 Å². The van der Waals surface area contributed by atoms with Gasteiger partial charge in [-0.2, -0.15) is 0 Å². The first-order chi connectivity index (χ1) is 9.15. The normalized spacial score (nSPS) is 25.0. The minimum atomic E-state index is 0.245. The SMILES string of the molecule is CCC1(C)CN(Cc2cccc(OC)c2)CCCN1. The Morgan fingerprint density at radius 2 is 2.26 bits per heavy atom. The molecule has 2 rings (SSSR count). The molecular weight excluding hydrogens is 236 g/mol.